The summed E-state index contributed by atoms with van der Waals surface area (Å²) in [7, 11) is 3.23. The summed E-state index contributed by atoms with van der Waals surface area (Å²) in [6, 6.07) is 11.5. The number of rotatable bonds is 4. The Labute approximate surface area is 118 Å². The van der Waals surface area contributed by atoms with Gasteiger partial charge in [0, 0.05) is 22.5 Å². The van der Waals surface area contributed by atoms with Crippen LogP contribution in [0.15, 0.2) is 36.4 Å². The number of benzene rings is 2. The maximum Gasteiger partial charge on any atom is 0.162 e. The van der Waals surface area contributed by atoms with E-state index in [1.807, 2.05) is 43.3 Å². The molecule has 0 saturated carbocycles. The van der Waals surface area contributed by atoms with E-state index in [4.69, 9.17) is 21.1 Å². The summed E-state index contributed by atoms with van der Waals surface area (Å²) in [4.78, 5) is 0. The highest BCUT2D eigenvalue weighted by atomic mass is 35.5. The first-order valence-corrected chi connectivity index (χ1v) is 6.27. The average molecular weight is 278 g/mol. The number of methoxy groups -OCH3 is 2. The molecule has 2 aromatic carbocycles. The second-order valence-corrected chi connectivity index (χ2v) is 4.51. The van der Waals surface area contributed by atoms with Gasteiger partial charge >= 0.3 is 0 Å². The SMILES string of the molecule is COc1ccc(Nc2cccc(Cl)c2C)cc1OC. The van der Waals surface area contributed by atoms with Gasteiger partial charge in [-0.1, -0.05) is 17.7 Å². The molecule has 0 bridgehead atoms. The summed E-state index contributed by atoms with van der Waals surface area (Å²) in [6.07, 6.45) is 0. The summed E-state index contributed by atoms with van der Waals surface area (Å²) < 4.78 is 10.5. The molecule has 0 aliphatic rings. The van der Waals surface area contributed by atoms with Crippen LogP contribution in [0.1, 0.15) is 5.56 Å². The van der Waals surface area contributed by atoms with Crippen molar-refractivity contribution in [2.75, 3.05) is 19.5 Å². The van der Waals surface area contributed by atoms with E-state index in [1.54, 1.807) is 14.2 Å². The van der Waals surface area contributed by atoms with Crippen LogP contribution < -0.4 is 14.8 Å². The van der Waals surface area contributed by atoms with Gasteiger partial charge in [0.25, 0.3) is 0 Å². The minimum atomic E-state index is 0.687. The highest BCUT2D eigenvalue weighted by Crippen LogP contribution is 2.32. The highest BCUT2D eigenvalue weighted by molar-refractivity contribution is 6.31. The molecule has 0 heterocycles. The van der Waals surface area contributed by atoms with Gasteiger partial charge in [0.2, 0.25) is 0 Å². The van der Waals surface area contributed by atoms with Crippen LogP contribution in [0.2, 0.25) is 5.02 Å². The lowest BCUT2D eigenvalue weighted by molar-refractivity contribution is 0.355. The van der Waals surface area contributed by atoms with E-state index in [0.717, 1.165) is 22.0 Å². The van der Waals surface area contributed by atoms with Crippen molar-refractivity contribution >= 4 is 23.0 Å². The van der Waals surface area contributed by atoms with E-state index in [-0.39, 0.29) is 0 Å². The number of anilines is 2. The van der Waals surface area contributed by atoms with Gasteiger partial charge in [0.05, 0.1) is 14.2 Å². The van der Waals surface area contributed by atoms with Crippen LogP contribution in [0.25, 0.3) is 0 Å². The lowest BCUT2D eigenvalue weighted by atomic mass is 10.2. The first kappa shape index (κ1) is 13.6. The van der Waals surface area contributed by atoms with Crippen LogP contribution in [-0.2, 0) is 0 Å². The van der Waals surface area contributed by atoms with Crippen LogP contribution in [0.3, 0.4) is 0 Å². The quantitative estimate of drug-likeness (QED) is 0.898. The summed E-state index contributed by atoms with van der Waals surface area (Å²) in [6.45, 7) is 1.98. The maximum atomic E-state index is 6.10. The third-order valence-corrected chi connectivity index (χ3v) is 3.34. The second kappa shape index (κ2) is 5.85. The standard InChI is InChI=1S/C15H16ClNO2/c1-10-12(16)5-4-6-13(10)17-11-7-8-14(18-2)15(9-11)19-3/h4-9,17H,1-3H3. The van der Waals surface area contributed by atoms with Gasteiger partial charge in [-0.2, -0.15) is 0 Å². The highest BCUT2D eigenvalue weighted by Gasteiger charge is 2.06. The predicted molar refractivity (Wildman–Crippen MR) is 79.0 cm³/mol. The van der Waals surface area contributed by atoms with Crippen LogP contribution >= 0.6 is 11.6 Å². The number of nitrogens with one attached hydrogen (secondary N) is 1. The third kappa shape index (κ3) is 2.93. The van der Waals surface area contributed by atoms with Gasteiger partial charge in [-0.15, -0.1) is 0 Å². The average Bonchev–Trinajstić information content (AvgIpc) is 2.43. The van der Waals surface area contributed by atoms with Crippen molar-refractivity contribution < 1.29 is 9.47 Å². The monoisotopic (exact) mass is 277 g/mol. The van der Waals surface area contributed by atoms with Crippen LogP contribution in [0.4, 0.5) is 11.4 Å². The molecular weight excluding hydrogens is 262 g/mol. The molecule has 100 valence electrons. The first-order chi connectivity index (χ1) is 9.15. The lowest BCUT2D eigenvalue weighted by Crippen LogP contribution is -1.96. The number of hydrogen-bond acceptors (Lipinski definition) is 3. The van der Waals surface area contributed by atoms with Crippen molar-refractivity contribution in [1.82, 2.24) is 0 Å². The molecule has 0 saturated heterocycles. The molecule has 19 heavy (non-hydrogen) atoms. The largest absolute Gasteiger partial charge is 0.493 e. The maximum absolute atomic E-state index is 6.10. The van der Waals surface area contributed by atoms with E-state index in [9.17, 15) is 0 Å². The summed E-state index contributed by atoms with van der Waals surface area (Å²) in [5.74, 6) is 1.39. The van der Waals surface area contributed by atoms with E-state index in [0.29, 0.717) is 11.5 Å². The van der Waals surface area contributed by atoms with E-state index in [2.05, 4.69) is 5.32 Å². The van der Waals surface area contributed by atoms with Crippen LogP contribution in [0, 0.1) is 6.92 Å². The fourth-order valence-electron chi connectivity index (χ4n) is 1.81. The molecule has 0 aliphatic carbocycles. The topological polar surface area (TPSA) is 30.5 Å². The van der Waals surface area contributed by atoms with Crippen molar-refractivity contribution in [2.24, 2.45) is 0 Å². The van der Waals surface area contributed by atoms with Crippen LogP contribution in [0.5, 0.6) is 11.5 Å². The minimum Gasteiger partial charge on any atom is -0.493 e. The molecule has 3 nitrogen and oxygen atoms in total. The molecule has 0 atom stereocenters. The molecule has 1 N–H and O–H groups in total. The Kier molecular flexibility index (Phi) is 4.17. The molecule has 0 fully saturated rings. The third-order valence-electron chi connectivity index (χ3n) is 2.93. The molecule has 0 aromatic heterocycles. The van der Waals surface area contributed by atoms with Crippen molar-refractivity contribution in [3.63, 3.8) is 0 Å². The zero-order valence-electron chi connectivity index (χ0n) is 11.2. The van der Waals surface area contributed by atoms with Gasteiger partial charge < -0.3 is 14.8 Å². The predicted octanol–water partition coefficient (Wildman–Crippen LogP) is 4.41. The normalized spacial score (nSPS) is 10.1. The summed E-state index contributed by atoms with van der Waals surface area (Å²) in [5.41, 5.74) is 2.90. The zero-order valence-corrected chi connectivity index (χ0v) is 11.9. The Morgan fingerprint density at radius 3 is 2.42 bits per heavy atom. The lowest BCUT2D eigenvalue weighted by Gasteiger charge is -2.13. The van der Waals surface area contributed by atoms with Crippen molar-refractivity contribution in [3.8, 4) is 11.5 Å². The molecule has 4 heteroatoms. The fourth-order valence-corrected chi connectivity index (χ4v) is 1.99. The molecule has 0 amide bonds. The van der Waals surface area contributed by atoms with Gasteiger partial charge in [0.1, 0.15) is 0 Å². The number of halogens is 1. The van der Waals surface area contributed by atoms with E-state index >= 15 is 0 Å². The zero-order chi connectivity index (χ0) is 13.8. The Balaban J connectivity index is 2.31. The minimum absolute atomic E-state index is 0.687. The van der Waals surface area contributed by atoms with Crippen molar-refractivity contribution in [3.05, 3.63) is 47.0 Å². The van der Waals surface area contributed by atoms with Gasteiger partial charge in [-0.25, -0.2) is 0 Å². The Bertz CT molecular complexity index is 584. The van der Waals surface area contributed by atoms with Gasteiger partial charge in [-0.05, 0) is 36.8 Å². The molecule has 0 radical (unpaired) electrons. The molecule has 0 unspecified atom stereocenters. The molecule has 2 aromatic rings. The number of ether oxygens (including phenoxy) is 2. The smallest absolute Gasteiger partial charge is 0.162 e. The summed E-state index contributed by atoms with van der Waals surface area (Å²) in [5, 5.41) is 4.06. The Hall–Kier alpha value is -1.87. The Morgan fingerprint density at radius 1 is 1.00 bits per heavy atom. The molecule has 2 rings (SSSR count). The summed E-state index contributed by atoms with van der Waals surface area (Å²) >= 11 is 6.10. The first-order valence-electron chi connectivity index (χ1n) is 5.90. The van der Waals surface area contributed by atoms with E-state index < -0.39 is 0 Å². The van der Waals surface area contributed by atoms with Gasteiger partial charge in [0.15, 0.2) is 11.5 Å². The fraction of sp³-hybridized carbons (Fsp3) is 0.200. The molecule has 0 aliphatic heterocycles. The molecular formula is C15H16ClNO2. The number of hydrogen-bond donors (Lipinski definition) is 1. The van der Waals surface area contributed by atoms with Crippen molar-refractivity contribution in [1.29, 1.82) is 0 Å². The van der Waals surface area contributed by atoms with Gasteiger partial charge in [-0.3, -0.25) is 0 Å². The molecule has 0 spiro atoms. The van der Waals surface area contributed by atoms with E-state index in [1.165, 1.54) is 0 Å². The van der Waals surface area contributed by atoms with Crippen molar-refractivity contribution in [2.45, 2.75) is 6.92 Å². The van der Waals surface area contributed by atoms with Crippen LogP contribution in [-0.4, -0.2) is 14.2 Å². The Morgan fingerprint density at radius 2 is 1.74 bits per heavy atom. The second-order valence-electron chi connectivity index (χ2n) is 4.11.